The smallest absolute Gasteiger partial charge is 0.0620 e. The Bertz CT molecular complexity index is 175. The van der Waals surface area contributed by atoms with Crippen molar-refractivity contribution in [1.82, 2.24) is 5.32 Å². The minimum Gasteiger partial charge on any atom is -0.380 e. The minimum absolute atomic E-state index is 0.588. The maximum atomic E-state index is 5.38. The second kappa shape index (κ2) is 4.19. The fraction of sp³-hybridized carbons (Fsp3) is 1.00. The first-order valence-corrected chi connectivity index (χ1v) is 5.99. The Morgan fingerprint density at radius 2 is 1.79 bits per heavy atom. The molecule has 2 nitrogen and oxygen atoms in total. The first-order valence-electron chi connectivity index (χ1n) is 5.99. The highest BCUT2D eigenvalue weighted by atomic mass is 16.5. The SMILES string of the molecule is CC1(C)CCC(NC2CCOC2)CC1. The lowest BCUT2D eigenvalue weighted by atomic mass is 9.75. The first kappa shape index (κ1) is 10.4. The van der Waals surface area contributed by atoms with Gasteiger partial charge in [-0.3, -0.25) is 0 Å². The van der Waals surface area contributed by atoms with Crippen molar-refractivity contribution in [1.29, 1.82) is 0 Å². The summed E-state index contributed by atoms with van der Waals surface area (Å²) in [4.78, 5) is 0. The first-order chi connectivity index (χ1) is 6.66. The van der Waals surface area contributed by atoms with Crippen molar-refractivity contribution >= 4 is 0 Å². The summed E-state index contributed by atoms with van der Waals surface area (Å²) in [5.41, 5.74) is 0.588. The molecule has 0 amide bonds. The van der Waals surface area contributed by atoms with Gasteiger partial charge in [0, 0.05) is 18.7 Å². The largest absolute Gasteiger partial charge is 0.380 e. The summed E-state index contributed by atoms with van der Waals surface area (Å²) in [6, 6.07) is 1.40. The quantitative estimate of drug-likeness (QED) is 0.733. The molecule has 0 bridgehead atoms. The van der Waals surface area contributed by atoms with E-state index in [0.717, 1.165) is 19.3 Å². The van der Waals surface area contributed by atoms with E-state index in [4.69, 9.17) is 4.74 Å². The van der Waals surface area contributed by atoms with Crippen LogP contribution in [0.25, 0.3) is 0 Å². The third-order valence-corrected chi connectivity index (χ3v) is 3.74. The zero-order chi connectivity index (χ0) is 10.0. The van der Waals surface area contributed by atoms with Gasteiger partial charge in [0.05, 0.1) is 6.61 Å². The summed E-state index contributed by atoms with van der Waals surface area (Å²) in [5, 5.41) is 3.73. The number of hydrogen-bond acceptors (Lipinski definition) is 2. The van der Waals surface area contributed by atoms with E-state index >= 15 is 0 Å². The van der Waals surface area contributed by atoms with Crippen LogP contribution >= 0.6 is 0 Å². The molecule has 2 aliphatic rings. The van der Waals surface area contributed by atoms with Gasteiger partial charge in [0.1, 0.15) is 0 Å². The Morgan fingerprint density at radius 1 is 1.07 bits per heavy atom. The molecule has 14 heavy (non-hydrogen) atoms. The maximum Gasteiger partial charge on any atom is 0.0620 e. The summed E-state index contributed by atoms with van der Waals surface area (Å²) in [6.07, 6.45) is 6.66. The van der Waals surface area contributed by atoms with Gasteiger partial charge in [-0.1, -0.05) is 13.8 Å². The number of hydrogen-bond donors (Lipinski definition) is 1. The third-order valence-electron chi connectivity index (χ3n) is 3.74. The van der Waals surface area contributed by atoms with Crippen molar-refractivity contribution in [3.8, 4) is 0 Å². The molecule has 1 heterocycles. The van der Waals surface area contributed by atoms with Gasteiger partial charge in [0.15, 0.2) is 0 Å². The lowest BCUT2D eigenvalue weighted by molar-refractivity contribution is 0.173. The molecule has 1 atom stereocenters. The topological polar surface area (TPSA) is 21.3 Å². The second-order valence-electron chi connectivity index (χ2n) is 5.67. The van der Waals surface area contributed by atoms with Crippen LogP contribution in [-0.4, -0.2) is 25.3 Å². The molecule has 2 fully saturated rings. The van der Waals surface area contributed by atoms with Crippen LogP contribution < -0.4 is 5.32 Å². The summed E-state index contributed by atoms with van der Waals surface area (Å²) < 4.78 is 5.38. The van der Waals surface area contributed by atoms with Gasteiger partial charge < -0.3 is 10.1 Å². The van der Waals surface area contributed by atoms with Crippen LogP contribution in [0.5, 0.6) is 0 Å². The van der Waals surface area contributed by atoms with Crippen LogP contribution in [0.4, 0.5) is 0 Å². The van der Waals surface area contributed by atoms with Gasteiger partial charge in [-0.25, -0.2) is 0 Å². The van der Waals surface area contributed by atoms with Gasteiger partial charge >= 0.3 is 0 Å². The molecular weight excluding hydrogens is 174 g/mol. The van der Waals surface area contributed by atoms with Crippen molar-refractivity contribution in [3.05, 3.63) is 0 Å². The monoisotopic (exact) mass is 197 g/mol. The van der Waals surface area contributed by atoms with E-state index in [1.165, 1.54) is 32.1 Å². The van der Waals surface area contributed by atoms with E-state index in [0.29, 0.717) is 11.5 Å². The van der Waals surface area contributed by atoms with Crippen molar-refractivity contribution in [2.45, 2.75) is 58.0 Å². The average Bonchev–Trinajstić information content (AvgIpc) is 2.61. The minimum atomic E-state index is 0.588. The molecule has 0 aromatic carbocycles. The van der Waals surface area contributed by atoms with Crippen molar-refractivity contribution in [2.24, 2.45) is 5.41 Å². The molecule has 1 saturated heterocycles. The third kappa shape index (κ3) is 2.71. The normalized spacial score (nSPS) is 33.4. The molecule has 1 saturated carbocycles. The average molecular weight is 197 g/mol. The summed E-state index contributed by atoms with van der Waals surface area (Å²) in [7, 11) is 0. The zero-order valence-electron chi connectivity index (χ0n) is 9.51. The number of rotatable bonds is 2. The molecule has 0 aromatic rings. The van der Waals surface area contributed by atoms with Crippen LogP contribution in [0.1, 0.15) is 46.0 Å². The van der Waals surface area contributed by atoms with Crippen LogP contribution in [0.15, 0.2) is 0 Å². The Kier molecular flexibility index (Phi) is 3.13. The second-order valence-corrected chi connectivity index (χ2v) is 5.67. The molecule has 1 aliphatic heterocycles. The molecule has 0 radical (unpaired) electrons. The molecule has 82 valence electrons. The highest BCUT2D eigenvalue weighted by Crippen LogP contribution is 2.35. The molecule has 0 spiro atoms. The molecule has 1 N–H and O–H groups in total. The van der Waals surface area contributed by atoms with Crippen LogP contribution in [0, 0.1) is 5.41 Å². The Labute approximate surface area is 87.4 Å². The highest BCUT2D eigenvalue weighted by Gasteiger charge is 2.28. The van der Waals surface area contributed by atoms with Gasteiger partial charge in [-0.2, -0.15) is 0 Å². The van der Waals surface area contributed by atoms with Gasteiger partial charge in [-0.05, 0) is 37.5 Å². The maximum absolute atomic E-state index is 5.38. The van der Waals surface area contributed by atoms with E-state index in [1.54, 1.807) is 0 Å². The van der Waals surface area contributed by atoms with E-state index in [1.807, 2.05) is 0 Å². The lowest BCUT2D eigenvalue weighted by Crippen LogP contribution is -2.42. The van der Waals surface area contributed by atoms with Crippen molar-refractivity contribution in [3.63, 3.8) is 0 Å². The van der Waals surface area contributed by atoms with E-state index in [2.05, 4.69) is 19.2 Å². The summed E-state index contributed by atoms with van der Waals surface area (Å²) in [5.74, 6) is 0. The molecular formula is C12H23NO. The van der Waals surface area contributed by atoms with E-state index < -0.39 is 0 Å². The Morgan fingerprint density at radius 3 is 2.36 bits per heavy atom. The van der Waals surface area contributed by atoms with Gasteiger partial charge in [0.2, 0.25) is 0 Å². The highest BCUT2D eigenvalue weighted by molar-refractivity contribution is 4.85. The summed E-state index contributed by atoms with van der Waals surface area (Å²) in [6.45, 7) is 6.67. The fourth-order valence-electron chi connectivity index (χ4n) is 2.57. The Hall–Kier alpha value is -0.0800. The fourth-order valence-corrected chi connectivity index (χ4v) is 2.57. The van der Waals surface area contributed by atoms with Crippen LogP contribution in [-0.2, 0) is 4.74 Å². The number of nitrogens with one attached hydrogen (secondary N) is 1. The number of ether oxygens (including phenoxy) is 1. The lowest BCUT2D eigenvalue weighted by Gasteiger charge is -2.35. The van der Waals surface area contributed by atoms with E-state index in [9.17, 15) is 0 Å². The van der Waals surface area contributed by atoms with Gasteiger partial charge in [-0.15, -0.1) is 0 Å². The van der Waals surface area contributed by atoms with Crippen LogP contribution in [0.2, 0.25) is 0 Å². The Balaban J connectivity index is 1.72. The van der Waals surface area contributed by atoms with Crippen LogP contribution in [0.3, 0.4) is 0 Å². The predicted octanol–water partition coefficient (Wildman–Crippen LogP) is 2.33. The van der Waals surface area contributed by atoms with Crippen molar-refractivity contribution in [2.75, 3.05) is 13.2 Å². The zero-order valence-corrected chi connectivity index (χ0v) is 9.51. The molecule has 1 unspecified atom stereocenters. The summed E-state index contributed by atoms with van der Waals surface area (Å²) >= 11 is 0. The molecule has 2 rings (SSSR count). The van der Waals surface area contributed by atoms with Crippen molar-refractivity contribution < 1.29 is 4.74 Å². The van der Waals surface area contributed by atoms with E-state index in [-0.39, 0.29) is 0 Å². The standard InChI is InChI=1S/C12H23NO/c1-12(2)6-3-10(4-7-12)13-11-5-8-14-9-11/h10-11,13H,3-9H2,1-2H3. The molecule has 2 heteroatoms. The molecule has 1 aliphatic carbocycles. The predicted molar refractivity (Wildman–Crippen MR) is 58.4 cm³/mol. The molecule has 0 aromatic heterocycles. The van der Waals surface area contributed by atoms with Gasteiger partial charge in [0.25, 0.3) is 0 Å².